The van der Waals surface area contributed by atoms with Gasteiger partial charge >= 0.3 is 5.97 Å². The fraction of sp³-hybridized carbons (Fsp3) is 0.833. The third-order valence-corrected chi connectivity index (χ3v) is 6.53. The maximum Gasteiger partial charge on any atom is 0.316 e. The monoisotopic (exact) mass is 386 g/mol. The number of hydrogen-bond acceptors (Lipinski definition) is 5. The van der Waals surface area contributed by atoms with Gasteiger partial charge in [0.2, 0.25) is 0 Å². The zero-order valence-corrected chi connectivity index (χ0v) is 16.8. The molecule has 0 aromatic carbocycles. The lowest BCUT2D eigenvalue weighted by atomic mass is 9.89. The number of piperidine rings is 1. The third kappa shape index (κ3) is 7.94. The van der Waals surface area contributed by atoms with Crippen LogP contribution in [-0.4, -0.2) is 53.1 Å². The van der Waals surface area contributed by atoms with Gasteiger partial charge in [-0.3, -0.25) is 9.59 Å². The third-order valence-electron chi connectivity index (χ3n) is 5.03. The van der Waals surface area contributed by atoms with Crippen molar-refractivity contribution in [2.45, 2.75) is 51.9 Å². The molecule has 0 aromatic heterocycles. The summed E-state index contributed by atoms with van der Waals surface area (Å²) in [5.41, 5.74) is 0. The molecule has 0 atom stereocenters. The van der Waals surface area contributed by atoms with E-state index in [9.17, 15) is 9.59 Å². The molecule has 142 valence electrons. The molecule has 1 aliphatic heterocycles. The summed E-state index contributed by atoms with van der Waals surface area (Å²) < 4.78 is 5.80. The molecule has 1 aliphatic carbocycles. The van der Waals surface area contributed by atoms with Gasteiger partial charge < -0.3 is 15.0 Å². The molecule has 0 spiro atoms. The minimum atomic E-state index is -0.384. The zero-order valence-electron chi connectivity index (χ0n) is 15.1. The molecule has 2 fully saturated rings. The van der Waals surface area contributed by atoms with Crippen LogP contribution in [0.1, 0.15) is 51.9 Å². The number of likely N-dealkylation sites (tertiary alicyclic amines) is 1. The number of ether oxygens (including phenoxy) is 1. The fourth-order valence-electron chi connectivity index (χ4n) is 3.29. The highest BCUT2D eigenvalue weighted by Gasteiger charge is 2.19. The molecule has 0 bridgehead atoms. The summed E-state index contributed by atoms with van der Waals surface area (Å²) in [5, 5.41) is 2.87. The van der Waals surface area contributed by atoms with E-state index < -0.39 is 0 Å². The first-order valence-electron chi connectivity index (χ1n) is 9.38. The summed E-state index contributed by atoms with van der Waals surface area (Å²) >= 11 is 6.71. The lowest BCUT2D eigenvalue weighted by Crippen LogP contribution is -2.36. The average Bonchev–Trinajstić information content (AvgIpc) is 2.64. The summed E-state index contributed by atoms with van der Waals surface area (Å²) in [6, 6.07) is 0. The molecule has 2 aliphatic rings. The number of nitrogens with zero attached hydrogens (tertiary/aromatic N) is 1. The summed E-state index contributed by atoms with van der Waals surface area (Å²) in [6.45, 7) is 4.68. The number of nitrogens with one attached hydrogen (secondary N) is 1. The second-order valence-corrected chi connectivity index (χ2v) is 8.80. The van der Waals surface area contributed by atoms with Gasteiger partial charge in [-0.15, -0.1) is 0 Å². The number of amides is 1. The van der Waals surface area contributed by atoms with Crippen molar-refractivity contribution in [3.8, 4) is 0 Å². The number of hydrogen-bond donors (Lipinski definition) is 1. The van der Waals surface area contributed by atoms with Gasteiger partial charge in [0.15, 0.2) is 6.61 Å². The van der Waals surface area contributed by atoms with Crippen LogP contribution in [0.2, 0.25) is 0 Å². The largest absolute Gasteiger partial charge is 0.455 e. The number of thioether (sulfide) groups is 1. The Bertz CT molecular complexity index is 459. The van der Waals surface area contributed by atoms with Crippen molar-refractivity contribution in [1.29, 1.82) is 0 Å². The molecular weight excluding hydrogens is 356 g/mol. The first-order valence-corrected chi connectivity index (χ1v) is 10.8. The number of esters is 1. The van der Waals surface area contributed by atoms with E-state index in [1.54, 1.807) is 0 Å². The van der Waals surface area contributed by atoms with Crippen molar-refractivity contribution in [3.63, 3.8) is 0 Å². The van der Waals surface area contributed by atoms with E-state index in [0.717, 1.165) is 36.2 Å². The summed E-state index contributed by atoms with van der Waals surface area (Å²) in [7, 11) is 0. The standard InChI is InChI=1S/C18H30N2O3S2/c1-14-7-9-20(10-8-14)18(24)25-13-17(22)23-12-16(21)19-11-15-5-3-2-4-6-15/h14-15H,2-13H2,1H3,(H,19,21). The molecule has 7 heteroatoms. The highest BCUT2D eigenvalue weighted by molar-refractivity contribution is 8.23. The number of rotatable bonds is 6. The van der Waals surface area contributed by atoms with Crippen molar-refractivity contribution in [2.75, 3.05) is 32.0 Å². The first kappa shape index (κ1) is 20.5. The Morgan fingerprint density at radius 3 is 2.52 bits per heavy atom. The molecule has 0 aromatic rings. The lowest BCUT2D eigenvalue weighted by Gasteiger charge is -2.31. The normalized spacial score (nSPS) is 19.5. The van der Waals surface area contributed by atoms with Crippen LogP contribution in [0.5, 0.6) is 0 Å². The average molecular weight is 387 g/mol. The van der Waals surface area contributed by atoms with Crippen molar-refractivity contribution in [1.82, 2.24) is 10.2 Å². The van der Waals surface area contributed by atoms with E-state index in [0.29, 0.717) is 12.5 Å². The first-order chi connectivity index (χ1) is 12.0. The second kappa shape index (κ2) is 11.0. The van der Waals surface area contributed by atoms with E-state index in [-0.39, 0.29) is 24.2 Å². The minimum absolute atomic E-state index is 0.167. The van der Waals surface area contributed by atoms with Crippen LogP contribution < -0.4 is 5.32 Å². The second-order valence-electron chi connectivity index (χ2n) is 7.19. The molecule has 0 unspecified atom stereocenters. The Morgan fingerprint density at radius 1 is 1.16 bits per heavy atom. The molecule has 1 saturated heterocycles. The topological polar surface area (TPSA) is 58.6 Å². The molecule has 1 saturated carbocycles. The van der Waals surface area contributed by atoms with E-state index in [1.807, 2.05) is 0 Å². The SMILES string of the molecule is CC1CCN(C(=S)SCC(=O)OCC(=O)NCC2CCCCC2)CC1. The van der Waals surface area contributed by atoms with Gasteiger partial charge in [-0.25, -0.2) is 0 Å². The van der Waals surface area contributed by atoms with Crippen molar-refractivity contribution in [2.24, 2.45) is 11.8 Å². The van der Waals surface area contributed by atoms with Crippen LogP contribution >= 0.6 is 24.0 Å². The van der Waals surface area contributed by atoms with Crippen LogP contribution in [0.25, 0.3) is 0 Å². The number of carbonyl (C=O) groups excluding carboxylic acids is 2. The highest BCUT2D eigenvalue weighted by Crippen LogP contribution is 2.22. The lowest BCUT2D eigenvalue weighted by molar-refractivity contribution is -0.145. The van der Waals surface area contributed by atoms with Gasteiger partial charge in [-0.2, -0.15) is 0 Å². The molecule has 0 radical (unpaired) electrons. The van der Waals surface area contributed by atoms with Crippen molar-refractivity contribution < 1.29 is 14.3 Å². The minimum Gasteiger partial charge on any atom is -0.455 e. The van der Waals surface area contributed by atoms with E-state index in [1.165, 1.54) is 43.9 Å². The molecule has 25 heavy (non-hydrogen) atoms. The molecule has 5 nitrogen and oxygen atoms in total. The summed E-state index contributed by atoms with van der Waals surface area (Å²) in [4.78, 5) is 25.7. The van der Waals surface area contributed by atoms with Crippen molar-refractivity contribution >= 4 is 40.2 Å². The Morgan fingerprint density at radius 2 is 1.84 bits per heavy atom. The van der Waals surface area contributed by atoms with Crippen LogP contribution in [0.4, 0.5) is 0 Å². The van der Waals surface area contributed by atoms with Gasteiger partial charge in [-0.1, -0.05) is 50.2 Å². The van der Waals surface area contributed by atoms with Crippen LogP contribution in [-0.2, 0) is 14.3 Å². The summed E-state index contributed by atoms with van der Waals surface area (Å²) in [6.07, 6.45) is 8.47. The van der Waals surface area contributed by atoms with Crippen molar-refractivity contribution in [3.05, 3.63) is 0 Å². The van der Waals surface area contributed by atoms with Crippen LogP contribution in [0.15, 0.2) is 0 Å². The van der Waals surface area contributed by atoms with E-state index in [4.69, 9.17) is 17.0 Å². The predicted molar refractivity (Wildman–Crippen MR) is 106 cm³/mol. The Hall–Kier alpha value is -0.820. The Labute approximate surface area is 160 Å². The van der Waals surface area contributed by atoms with Crippen LogP contribution in [0.3, 0.4) is 0 Å². The number of thiocarbonyl (C=S) groups is 1. The predicted octanol–water partition coefficient (Wildman–Crippen LogP) is 2.98. The maximum atomic E-state index is 11.8. The van der Waals surface area contributed by atoms with Gasteiger partial charge in [0.25, 0.3) is 5.91 Å². The Balaban J connectivity index is 1.54. The smallest absolute Gasteiger partial charge is 0.316 e. The van der Waals surface area contributed by atoms with Gasteiger partial charge in [-0.05, 0) is 37.5 Å². The highest BCUT2D eigenvalue weighted by atomic mass is 32.2. The number of carbonyl (C=O) groups is 2. The zero-order chi connectivity index (χ0) is 18.1. The van der Waals surface area contributed by atoms with E-state index in [2.05, 4.69) is 17.1 Å². The van der Waals surface area contributed by atoms with Crippen LogP contribution in [0, 0.1) is 11.8 Å². The van der Waals surface area contributed by atoms with E-state index >= 15 is 0 Å². The molecule has 1 N–H and O–H groups in total. The quantitative estimate of drug-likeness (QED) is 0.559. The fourth-order valence-corrected chi connectivity index (χ4v) is 4.34. The molecular formula is C18H30N2O3S2. The molecule has 2 rings (SSSR count). The van der Waals surface area contributed by atoms with Gasteiger partial charge in [0.1, 0.15) is 4.32 Å². The Kier molecular flexibility index (Phi) is 9.03. The maximum absolute atomic E-state index is 11.8. The van der Waals surface area contributed by atoms with Gasteiger partial charge in [0, 0.05) is 19.6 Å². The molecule has 1 amide bonds. The molecule has 1 heterocycles. The summed E-state index contributed by atoms with van der Waals surface area (Å²) in [5.74, 6) is 0.901. The van der Waals surface area contributed by atoms with Gasteiger partial charge in [0.05, 0.1) is 5.75 Å².